The Balaban J connectivity index is 3.95. The number of halogens is 8. The summed E-state index contributed by atoms with van der Waals surface area (Å²) >= 11 is 0. The summed E-state index contributed by atoms with van der Waals surface area (Å²) in [6.07, 6.45) is 2.38. The Bertz CT molecular complexity index is 750. The highest BCUT2D eigenvalue weighted by molar-refractivity contribution is 7.03. The molecular formula is C18H12BF8-. The molecule has 0 unspecified atom stereocenters. The van der Waals surface area contributed by atoms with Crippen LogP contribution in [0.3, 0.4) is 0 Å². The molecule has 0 aliphatic heterocycles. The molecule has 0 amide bonds. The molecule has 0 saturated heterocycles. The van der Waals surface area contributed by atoms with Crippen molar-refractivity contribution >= 4 is 11.6 Å². The molecule has 0 heterocycles. The van der Waals surface area contributed by atoms with Crippen LogP contribution in [0.1, 0.15) is 0 Å². The van der Waals surface area contributed by atoms with E-state index in [-0.39, 0.29) is 19.0 Å². The highest BCUT2D eigenvalue weighted by Gasteiger charge is 2.31. The smallest absolute Gasteiger partial charge is 0.200 e. The molecule has 0 aliphatic rings. The van der Waals surface area contributed by atoms with Gasteiger partial charge in [-0.15, -0.1) is 23.7 Å². The lowest BCUT2D eigenvalue weighted by Crippen LogP contribution is -2.48. The van der Waals surface area contributed by atoms with Crippen LogP contribution in [-0.4, -0.2) is 6.15 Å². The number of rotatable bonds is 7. The lowest BCUT2D eigenvalue weighted by atomic mass is 9.21. The Labute approximate surface area is 150 Å². The predicted octanol–water partition coefficient (Wildman–Crippen LogP) is 5.77. The van der Waals surface area contributed by atoms with Gasteiger partial charge in [-0.1, -0.05) is 0 Å². The summed E-state index contributed by atoms with van der Waals surface area (Å²) in [4.78, 5) is 0. The van der Waals surface area contributed by atoms with Crippen molar-refractivity contribution in [3.63, 3.8) is 0 Å². The minimum atomic E-state index is -3.03. The maximum Gasteiger partial charge on any atom is 0.200 e. The summed E-state index contributed by atoms with van der Waals surface area (Å²) in [5.41, 5.74) is -1.25. The minimum absolute atomic E-state index is 0.0617. The standard InChI is InChI=1S/C18H12BF8/c20-10-4-1-7-19(8-2-5-11-21,9-3-6-12-22)13-14(23)16(25)18(27)17(26)15(13)24/h1-12H/q-1/b7-1+,8-2+,9-3+,10-4+,11-5+,12-6+. The van der Waals surface area contributed by atoms with E-state index in [1.54, 1.807) is 0 Å². The Hall–Kier alpha value is -2.84. The molecule has 0 nitrogen and oxygen atoms in total. The van der Waals surface area contributed by atoms with Crippen LogP contribution in [-0.2, 0) is 0 Å². The van der Waals surface area contributed by atoms with Gasteiger partial charge in [0.25, 0.3) is 0 Å². The molecular weight excluding hydrogens is 379 g/mol. The first kappa shape index (κ1) is 22.2. The molecule has 0 bridgehead atoms. The van der Waals surface area contributed by atoms with Crippen LogP contribution < -0.4 is 5.46 Å². The summed E-state index contributed by atoms with van der Waals surface area (Å²) in [5, 5.41) is 0. The third-order valence-electron chi connectivity index (χ3n) is 3.58. The Kier molecular flexibility index (Phi) is 8.51. The molecule has 0 aromatic heterocycles. The Morgan fingerprint density at radius 1 is 0.444 bits per heavy atom. The van der Waals surface area contributed by atoms with E-state index >= 15 is 0 Å². The maximum absolute atomic E-state index is 14.3. The van der Waals surface area contributed by atoms with Gasteiger partial charge in [-0.2, -0.15) is 0 Å². The van der Waals surface area contributed by atoms with E-state index < -0.39 is 40.7 Å². The normalized spacial score (nSPS) is 13.8. The van der Waals surface area contributed by atoms with Gasteiger partial charge in [-0.3, -0.25) is 0 Å². The van der Waals surface area contributed by atoms with Crippen LogP contribution in [0.15, 0.2) is 73.4 Å². The third-order valence-corrected chi connectivity index (χ3v) is 3.58. The number of hydrogen-bond acceptors (Lipinski definition) is 0. The summed E-state index contributed by atoms with van der Waals surface area (Å²) < 4.78 is 106. The first-order valence-corrected chi connectivity index (χ1v) is 7.39. The molecule has 0 radical (unpaired) electrons. The fraction of sp³-hybridized carbons (Fsp3) is 0. The van der Waals surface area contributed by atoms with E-state index in [4.69, 9.17) is 0 Å². The summed E-state index contributed by atoms with van der Waals surface area (Å²) in [6.45, 7) is 0. The van der Waals surface area contributed by atoms with Crippen LogP contribution in [0, 0.1) is 29.1 Å². The zero-order valence-corrected chi connectivity index (χ0v) is 13.5. The van der Waals surface area contributed by atoms with Gasteiger partial charge in [-0.25, -0.2) is 53.0 Å². The quantitative estimate of drug-likeness (QED) is 0.182. The highest BCUT2D eigenvalue weighted by Crippen LogP contribution is 2.22. The van der Waals surface area contributed by atoms with Crippen LogP contribution in [0.5, 0.6) is 0 Å². The van der Waals surface area contributed by atoms with Crippen molar-refractivity contribution in [3.05, 3.63) is 102 Å². The topological polar surface area (TPSA) is 0 Å². The van der Waals surface area contributed by atoms with Crippen molar-refractivity contribution < 1.29 is 35.1 Å². The lowest BCUT2D eigenvalue weighted by molar-refractivity contribution is 0.384. The van der Waals surface area contributed by atoms with Crippen LogP contribution in [0.25, 0.3) is 0 Å². The van der Waals surface area contributed by atoms with E-state index in [1.165, 1.54) is 0 Å². The fourth-order valence-corrected chi connectivity index (χ4v) is 2.41. The van der Waals surface area contributed by atoms with E-state index in [9.17, 15) is 35.1 Å². The molecule has 144 valence electrons. The molecule has 0 fully saturated rings. The SMILES string of the molecule is F/C=C/C=C/[B-](/C=C/C=C/F)(/C=C/C=C/F)c1c(F)c(F)c(F)c(F)c1F. The van der Waals surface area contributed by atoms with Crippen molar-refractivity contribution in [2.75, 3.05) is 0 Å². The van der Waals surface area contributed by atoms with E-state index in [2.05, 4.69) is 0 Å². The average Bonchev–Trinajstić information content (AvgIpc) is 2.65. The van der Waals surface area contributed by atoms with Gasteiger partial charge >= 0.3 is 0 Å². The largest absolute Gasteiger partial charge is 0.232 e. The van der Waals surface area contributed by atoms with Crippen molar-refractivity contribution in [2.24, 2.45) is 0 Å². The molecule has 0 N–H and O–H groups in total. The predicted molar refractivity (Wildman–Crippen MR) is 89.8 cm³/mol. The van der Waals surface area contributed by atoms with Crippen LogP contribution in [0.4, 0.5) is 35.1 Å². The van der Waals surface area contributed by atoms with Crippen molar-refractivity contribution in [2.45, 2.75) is 0 Å². The number of benzene rings is 1. The molecule has 0 atom stereocenters. The second kappa shape index (κ2) is 10.3. The summed E-state index contributed by atoms with van der Waals surface area (Å²) in [6, 6.07) is 0. The van der Waals surface area contributed by atoms with Gasteiger partial charge in [0.2, 0.25) is 0 Å². The van der Waals surface area contributed by atoms with Gasteiger partial charge in [0.1, 0.15) is 11.6 Å². The van der Waals surface area contributed by atoms with Gasteiger partial charge in [0.15, 0.2) is 17.5 Å². The molecule has 0 saturated carbocycles. The molecule has 0 aliphatic carbocycles. The van der Waals surface area contributed by atoms with Crippen LogP contribution >= 0.6 is 0 Å². The van der Waals surface area contributed by atoms with Crippen molar-refractivity contribution in [3.8, 4) is 0 Å². The lowest BCUT2D eigenvalue weighted by Gasteiger charge is -2.32. The number of hydrogen-bond donors (Lipinski definition) is 0. The third kappa shape index (κ3) is 5.09. The minimum Gasteiger partial charge on any atom is -0.232 e. The Morgan fingerprint density at radius 2 is 0.741 bits per heavy atom. The molecule has 1 aromatic rings. The zero-order valence-electron chi connectivity index (χ0n) is 13.5. The molecule has 27 heavy (non-hydrogen) atoms. The molecule has 0 spiro atoms. The van der Waals surface area contributed by atoms with Gasteiger partial charge in [-0.05, 0) is 18.2 Å². The molecule has 1 aromatic carbocycles. The van der Waals surface area contributed by atoms with E-state index in [0.717, 1.165) is 54.4 Å². The first-order chi connectivity index (χ1) is 12.9. The van der Waals surface area contributed by atoms with Crippen molar-refractivity contribution in [1.29, 1.82) is 0 Å². The average molecular weight is 391 g/mol. The Morgan fingerprint density at radius 3 is 1.04 bits per heavy atom. The number of allylic oxidation sites excluding steroid dienone is 6. The second-order valence-electron chi connectivity index (χ2n) is 5.17. The fourth-order valence-electron chi connectivity index (χ4n) is 2.41. The van der Waals surface area contributed by atoms with Crippen LogP contribution in [0.2, 0.25) is 0 Å². The highest BCUT2D eigenvalue weighted by atomic mass is 19.2. The second-order valence-corrected chi connectivity index (χ2v) is 5.17. The summed E-state index contributed by atoms with van der Waals surface area (Å²) in [5.74, 6) is -8.14. The molecule has 9 heteroatoms. The van der Waals surface area contributed by atoms with E-state index in [0.29, 0.717) is 0 Å². The van der Waals surface area contributed by atoms with Gasteiger partial charge in [0.05, 0.1) is 25.1 Å². The van der Waals surface area contributed by atoms with Crippen molar-refractivity contribution in [1.82, 2.24) is 0 Å². The zero-order chi connectivity index (χ0) is 20.4. The molecule has 1 rings (SSSR count). The monoisotopic (exact) mass is 391 g/mol. The first-order valence-electron chi connectivity index (χ1n) is 7.39. The van der Waals surface area contributed by atoms with Gasteiger partial charge < -0.3 is 0 Å². The van der Waals surface area contributed by atoms with Gasteiger partial charge in [0, 0.05) is 0 Å². The summed E-state index contributed by atoms with van der Waals surface area (Å²) in [7, 11) is 0. The van der Waals surface area contributed by atoms with E-state index in [1.807, 2.05) is 0 Å². The maximum atomic E-state index is 14.3.